The fourth-order valence-corrected chi connectivity index (χ4v) is 4.23. The highest BCUT2D eigenvalue weighted by atomic mass is 79.9. The highest BCUT2D eigenvalue weighted by Gasteiger charge is 2.50. The molecule has 31 heavy (non-hydrogen) atoms. The van der Waals surface area contributed by atoms with Crippen LogP contribution in [0.25, 0.3) is 6.08 Å². The highest BCUT2D eigenvalue weighted by Crippen LogP contribution is 2.43. The summed E-state index contributed by atoms with van der Waals surface area (Å²) in [6.45, 7) is 0.424. The molecule has 0 aromatic heterocycles. The molecular formula is C26H22BrNO3. The summed E-state index contributed by atoms with van der Waals surface area (Å²) in [7, 11) is 0. The third kappa shape index (κ3) is 4.53. The van der Waals surface area contributed by atoms with Gasteiger partial charge in [-0.25, -0.2) is 0 Å². The van der Waals surface area contributed by atoms with Crippen LogP contribution in [-0.2, 0) is 21.6 Å². The minimum absolute atomic E-state index is 0.305. The van der Waals surface area contributed by atoms with Gasteiger partial charge in [0.2, 0.25) is 0 Å². The Morgan fingerprint density at radius 2 is 1.68 bits per heavy atom. The van der Waals surface area contributed by atoms with E-state index in [1.54, 1.807) is 17.0 Å². The van der Waals surface area contributed by atoms with Gasteiger partial charge in [0.15, 0.2) is 11.4 Å². The fraction of sp³-hybridized carbons (Fsp3) is 0.154. The molecule has 0 bridgehead atoms. The molecule has 3 aromatic carbocycles. The van der Waals surface area contributed by atoms with E-state index in [4.69, 9.17) is 0 Å². The zero-order valence-electron chi connectivity index (χ0n) is 16.9. The Morgan fingerprint density at radius 1 is 1.00 bits per heavy atom. The summed E-state index contributed by atoms with van der Waals surface area (Å²) in [4.78, 5) is 27.6. The van der Waals surface area contributed by atoms with E-state index in [0.29, 0.717) is 24.2 Å². The Kier molecular flexibility index (Phi) is 6.16. The van der Waals surface area contributed by atoms with Crippen LogP contribution < -0.4 is 4.90 Å². The van der Waals surface area contributed by atoms with Gasteiger partial charge in [-0.05, 0) is 41.8 Å². The van der Waals surface area contributed by atoms with Crippen LogP contribution in [0.2, 0.25) is 0 Å². The Morgan fingerprint density at radius 3 is 2.39 bits per heavy atom. The number of aliphatic hydroxyl groups is 1. The van der Waals surface area contributed by atoms with Crippen molar-refractivity contribution in [3.8, 4) is 0 Å². The Balaban J connectivity index is 1.58. The molecule has 1 aliphatic heterocycles. The maximum Gasteiger partial charge on any atom is 0.264 e. The first kappa shape index (κ1) is 21.2. The first-order chi connectivity index (χ1) is 15.0. The van der Waals surface area contributed by atoms with E-state index in [9.17, 15) is 14.7 Å². The van der Waals surface area contributed by atoms with Gasteiger partial charge in [-0.1, -0.05) is 82.7 Å². The lowest BCUT2D eigenvalue weighted by Crippen LogP contribution is -2.42. The zero-order valence-corrected chi connectivity index (χ0v) is 18.5. The smallest absolute Gasteiger partial charge is 0.264 e. The van der Waals surface area contributed by atoms with Crippen LogP contribution in [0.1, 0.15) is 23.1 Å². The number of anilines is 1. The Hall–Kier alpha value is -3.02. The zero-order chi connectivity index (χ0) is 21.8. The molecule has 0 spiro atoms. The van der Waals surface area contributed by atoms with Gasteiger partial charge in [-0.2, -0.15) is 0 Å². The van der Waals surface area contributed by atoms with Crippen molar-refractivity contribution in [2.75, 3.05) is 11.4 Å². The van der Waals surface area contributed by atoms with Crippen LogP contribution in [0, 0.1) is 0 Å². The van der Waals surface area contributed by atoms with E-state index in [-0.39, 0.29) is 12.2 Å². The summed E-state index contributed by atoms with van der Waals surface area (Å²) in [5, 5.41) is 11.4. The second kappa shape index (κ2) is 9.00. The first-order valence-corrected chi connectivity index (χ1v) is 10.9. The molecule has 1 heterocycles. The number of benzene rings is 3. The van der Waals surface area contributed by atoms with Crippen LogP contribution in [0.3, 0.4) is 0 Å². The molecule has 5 heteroatoms. The van der Waals surface area contributed by atoms with Gasteiger partial charge in [0.25, 0.3) is 5.91 Å². The number of halogens is 1. The number of carbonyl (C=O) groups is 2. The second-order valence-corrected chi connectivity index (χ2v) is 8.52. The average molecular weight is 476 g/mol. The molecule has 0 saturated heterocycles. The summed E-state index contributed by atoms with van der Waals surface area (Å²) >= 11 is 3.42. The van der Waals surface area contributed by atoms with Crippen molar-refractivity contribution in [3.63, 3.8) is 0 Å². The maximum atomic E-state index is 13.3. The van der Waals surface area contributed by atoms with E-state index in [0.717, 1.165) is 15.6 Å². The molecule has 1 amide bonds. The van der Waals surface area contributed by atoms with Crippen LogP contribution in [0.5, 0.6) is 0 Å². The van der Waals surface area contributed by atoms with Crippen LogP contribution in [0.4, 0.5) is 5.69 Å². The number of carbonyl (C=O) groups excluding carboxylic acids is 2. The molecule has 0 unspecified atom stereocenters. The fourth-order valence-electron chi connectivity index (χ4n) is 3.87. The molecule has 4 rings (SSSR count). The monoisotopic (exact) mass is 475 g/mol. The number of ketones is 1. The first-order valence-electron chi connectivity index (χ1n) is 10.1. The number of rotatable bonds is 7. The summed E-state index contributed by atoms with van der Waals surface area (Å²) in [6, 6.07) is 24.7. The number of hydrogen-bond donors (Lipinski definition) is 1. The molecule has 156 valence electrons. The average Bonchev–Trinajstić information content (AvgIpc) is 2.98. The van der Waals surface area contributed by atoms with Crippen LogP contribution in [0.15, 0.2) is 89.4 Å². The predicted octanol–water partition coefficient (Wildman–Crippen LogP) is 4.90. The highest BCUT2D eigenvalue weighted by molar-refractivity contribution is 9.10. The van der Waals surface area contributed by atoms with Crippen LogP contribution >= 0.6 is 15.9 Å². The lowest BCUT2D eigenvalue weighted by Gasteiger charge is -2.22. The van der Waals surface area contributed by atoms with Gasteiger partial charge in [-0.15, -0.1) is 0 Å². The van der Waals surface area contributed by atoms with E-state index in [2.05, 4.69) is 15.9 Å². The SMILES string of the molecule is O=C(/C=C/c1ccccc1)C[C@@]1(O)C(=O)N(CCc2ccccc2)c2ccc(Br)cc21. The molecular weight excluding hydrogens is 454 g/mol. The number of amides is 1. The third-order valence-electron chi connectivity index (χ3n) is 5.45. The molecule has 1 N–H and O–H groups in total. The lowest BCUT2D eigenvalue weighted by atomic mass is 9.89. The molecule has 1 aliphatic rings. The predicted molar refractivity (Wildman–Crippen MR) is 126 cm³/mol. The minimum atomic E-state index is -1.88. The van der Waals surface area contributed by atoms with Gasteiger partial charge >= 0.3 is 0 Å². The van der Waals surface area contributed by atoms with E-state index < -0.39 is 11.5 Å². The Bertz CT molecular complexity index is 1130. The third-order valence-corrected chi connectivity index (χ3v) is 5.95. The quantitative estimate of drug-likeness (QED) is 0.494. The van der Waals surface area contributed by atoms with Crippen molar-refractivity contribution in [2.24, 2.45) is 0 Å². The topological polar surface area (TPSA) is 57.6 Å². The summed E-state index contributed by atoms with van der Waals surface area (Å²) in [5.41, 5.74) is 1.21. The summed E-state index contributed by atoms with van der Waals surface area (Å²) in [6.07, 6.45) is 3.46. The van der Waals surface area contributed by atoms with Gasteiger partial charge in [0.1, 0.15) is 0 Å². The number of fused-ring (bicyclic) bond motifs is 1. The molecule has 0 radical (unpaired) electrons. The second-order valence-electron chi connectivity index (χ2n) is 7.60. The number of hydrogen-bond acceptors (Lipinski definition) is 3. The standard InChI is InChI=1S/C26H22BrNO3/c27-21-12-14-24-23(17-21)26(31,18-22(29)13-11-19-7-3-1-4-8-19)25(30)28(24)16-15-20-9-5-2-6-10-20/h1-14,17,31H,15-16,18H2/b13-11+/t26-/m0/s1. The van der Waals surface area contributed by atoms with Gasteiger partial charge in [0.05, 0.1) is 12.1 Å². The molecule has 4 nitrogen and oxygen atoms in total. The summed E-state index contributed by atoms with van der Waals surface area (Å²) < 4.78 is 0.745. The van der Waals surface area contributed by atoms with E-state index in [1.807, 2.05) is 72.8 Å². The van der Waals surface area contributed by atoms with Crippen molar-refractivity contribution in [1.82, 2.24) is 0 Å². The van der Waals surface area contributed by atoms with Crippen molar-refractivity contribution in [3.05, 3.63) is 106 Å². The lowest BCUT2D eigenvalue weighted by molar-refractivity contribution is -0.140. The van der Waals surface area contributed by atoms with E-state index >= 15 is 0 Å². The molecule has 0 fully saturated rings. The van der Waals surface area contributed by atoms with E-state index in [1.165, 1.54) is 6.08 Å². The normalized spacial score (nSPS) is 17.9. The van der Waals surface area contributed by atoms with Gasteiger partial charge in [-0.3, -0.25) is 9.59 Å². The molecule has 3 aromatic rings. The van der Waals surface area contributed by atoms with Gasteiger partial charge < -0.3 is 10.0 Å². The Labute approximate surface area is 190 Å². The minimum Gasteiger partial charge on any atom is -0.375 e. The van der Waals surface area contributed by atoms with Crippen molar-refractivity contribution >= 4 is 39.4 Å². The molecule has 1 atom stereocenters. The maximum absolute atomic E-state index is 13.3. The molecule has 0 aliphatic carbocycles. The van der Waals surface area contributed by atoms with Crippen molar-refractivity contribution in [1.29, 1.82) is 0 Å². The number of allylic oxidation sites excluding steroid dienone is 1. The van der Waals surface area contributed by atoms with Crippen molar-refractivity contribution < 1.29 is 14.7 Å². The molecule has 0 saturated carbocycles. The van der Waals surface area contributed by atoms with Crippen LogP contribution in [-0.4, -0.2) is 23.3 Å². The van der Waals surface area contributed by atoms with Gasteiger partial charge in [0, 0.05) is 16.6 Å². The summed E-state index contributed by atoms with van der Waals surface area (Å²) in [5.74, 6) is -0.770. The number of nitrogens with zero attached hydrogens (tertiary/aromatic N) is 1. The van der Waals surface area contributed by atoms with Crippen molar-refractivity contribution in [2.45, 2.75) is 18.4 Å². The largest absolute Gasteiger partial charge is 0.375 e.